The van der Waals surface area contributed by atoms with Crippen LogP contribution in [-0.2, 0) is 0 Å². The number of nitrogens with zero attached hydrogens (tertiary/aromatic N) is 1. The molecule has 112 valence electrons. The van der Waals surface area contributed by atoms with Crippen LogP contribution in [0.25, 0.3) is 0 Å². The van der Waals surface area contributed by atoms with Crippen LogP contribution in [-0.4, -0.2) is 18.0 Å². The van der Waals surface area contributed by atoms with Crippen molar-refractivity contribution in [2.24, 2.45) is 5.92 Å². The normalized spacial score (nSPS) is 19.4. The molecule has 0 N–H and O–H groups in total. The van der Waals surface area contributed by atoms with E-state index in [2.05, 4.69) is 44.7 Å². The lowest BCUT2D eigenvalue weighted by molar-refractivity contribution is 0.231. The number of hydrogen-bond donors (Lipinski definition) is 0. The van der Waals surface area contributed by atoms with Crippen molar-refractivity contribution in [3.05, 3.63) is 23.4 Å². The number of rotatable bonds is 1. The maximum atomic E-state index is 2.59. The summed E-state index contributed by atoms with van der Waals surface area (Å²) in [6, 6.07) is 0. The highest BCUT2D eigenvalue weighted by Crippen LogP contribution is 2.25. The summed E-state index contributed by atoms with van der Waals surface area (Å²) in [4.78, 5) is 2.59. The standard InChI is InChI=1S/C13H21N.C3H8.C2H6/c1-11-6-8-14(9-7-11)13-5-3-4-12(2)10-13;1-3-2;1-2/h4,10-11H,3,5-9H2,1-2H3;3H2,1-2H3;1-2H3. The van der Waals surface area contributed by atoms with E-state index in [1.165, 1.54) is 50.8 Å². The van der Waals surface area contributed by atoms with Crippen molar-refractivity contribution >= 4 is 0 Å². The zero-order chi connectivity index (χ0) is 14.7. The quantitative estimate of drug-likeness (QED) is 0.580. The van der Waals surface area contributed by atoms with Gasteiger partial charge in [-0.15, -0.1) is 0 Å². The van der Waals surface area contributed by atoms with Crippen molar-refractivity contribution in [1.82, 2.24) is 4.90 Å². The van der Waals surface area contributed by atoms with Crippen molar-refractivity contribution in [3.63, 3.8) is 0 Å². The molecule has 0 aromatic carbocycles. The second-order valence-corrected chi connectivity index (χ2v) is 5.50. The van der Waals surface area contributed by atoms with E-state index in [0.717, 1.165) is 5.92 Å². The van der Waals surface area contributed by atoms with Crippen molar-refractivity contribution in [1.29, 1.82) is 0 Å². The van der Waals surface area contributed by atoms with Crippen LogP contribution in [0.3, 0.4) is 0 Å². The predicted molar refractivity (Wildman–Crippen MR) is 88.4 cm³/mol. The van der Waals surface area contributed by atoms with E-state index in [0.29, 0.717) is 0 Å². The highest BCUT2D eigenvalue weighted by atomic mass is 15.1. The first-order valence-corrected chi connectivity index (χ1v) is 8.29. The number of hydrogen-bond acceptors (Lipinski definition) is 1. The van der Waals surface area contributed by atoms with E-state index >= 15 is 0 Å². The first-order chi connectivity index (χ1) is 9.17. The van der Waals surface area contributed by atoms with E-state index in [1.54, 1.807) is 5.70 Å². The Hall–Kier alpha value is -0.720. The molecule has 1 fully saturated rings. The van der Waals surface area contributed by atoms with Crippen molar-refractivity contribution in [2.45, 2.75) is 73.6 Å². The van der Waals surface area contributed by atoms with Gasteiger partial charge in [0.15, 0.2) is 0 Å². The molecule has 0 atom stereocenters. The van der Waals surface area contributed by atoms with E-state index < -0.39 is 0 Å². The Morgan fingerprint density at radius 3 is 2.16 bits per heavy atom. The van der Waals surface area contributed by atoms with E-state index in [-0.39, 0.29) is 0 Å². The molecule has 0 aromatic rings. The lowest BCUT2D eigenvalue weighted by Crippen LogP contribution is -2.32. The first-order valence-electron chi connectivity index (χ1n) is 8.29. The molecule has 0 radical (unpaired) electrons. The van der Waals surface area contributed by atoms with Crippen molar-refractivity contribution < 1.29 is 0 Å². The Kier molecular flexibility index (Phi) is 10.7. The highest BCUT2D eigenvalue weighted by molar-refractivity contribution is 5.25. The van der Waals surface area contributed by atoms with Gasteiger partial charge in [0.25, 0.3) is 0 Å². The van der Waals surface area contributed by atoms with E-state index in [4.69, 9.17) is 0 Å². The van der Waals surface area contributed by atoms with E-state index in [9.17, 15) is 0 Å². The minimum absolute atomic E-state index is 0.937. The smallest absolute Gasteiger partial charge is 0.0177 e. The second kappa shape index (κ2) is 11.1. The summed E-state index contributed by atoms with van der Waals surface area (Å²) in [6.07, 6.45) is 11.2. The maximum absolute atomic E-state index is 2.59. The van der Waals surface area contributed by atoms with Crippen LogP contribution in [0.5, 0.6) is 0 Å². The SMILES string of the molecule is CC.CC1=CCCC(N2CCC(C)CC2)=C1.CCC. The Bertz CT molecular complexity index is 267. The monoisotopic (exact) mass is 265 g/mol. The number of piperidine rings is 1. The highest BCUT2D eigenvalue weighted by Gasteiger charge is 2.18. The van der Waals surface area contributed by atoms with Gasteiger partial charge in [-0.05, 0) is 44.6 Å². The third-order valence-electron chi connectivity index (χ3n) is 3.45. The fraction of sp³-hybridized carbons (Fsp3) is 0.778. The predicted octanol–water partition coefficient (Wildman–Crippen LogP) is 5.78. The summed E-state index contributed by atoms with van der Waals surface area (Å²) in [5.41, 5.74) is 3.03. The van der Waals surface area contributed by atoms with E-state index in [1.807, 2.05) is 13.8 Å². The summed E-state index contributed by atoms with van der Waals surface area (Å²) in [6.45, 7) is 15.4. The van der Waals surface area contributed by atoms with Gasteiger partial charge in [-0.25, -0.2) is 0 Å². The van der Waals surface area contributed by atoms with Crippen LogP contribution in [0.2, 0.25) is 0 Å². The molecule has 0 spiro atoms. The molecule has 0 aromatic heterocycles. The van der Waals surface area contributed by atoms with Crippen molar-refractivity contribution in [3.8, 4) is 0 Å². The summed E-state index contributed by atoms with van der Waals surface area (Å²) in [7, 11) is 0. The fourth-order valence-electron chi connectivity index (χ4n) is 2.39. The van der Waals surface area contributed by atoms with Crippen molar-refractivity contribution in [2.75, 3.05) is 13.1 Å². The number of allylic oxidation sites excluding steroid dienone is 4. The maximum Gasteiger partial charge on any atom is 0.0177 e. The molecule has 0 bridgehead atoms. The molecule has 0 amide bonds. The lowest BCUT2D eigenvalue weighted by atomic mass is 9.96. The molecule has 1 heteroatoms. The molecule has 1 nitrogen and oxygen atoms in total. The van der Waals surface area contributed by atoms with Crippen LogP contribution in [0.1, 0.15) is 73.6 Å². The van der Waals surface area contributed by atoms with Gasteiger partial charge in [0.05, 0.1) is 0 Å². The van der Waals surface area contributed by atoms with Gasteiger partial charge in [0.2, 0.25) is 0 Å². The molecule has 1 heterocycles. The minimum atomic E-state index is 0.937. The molecule has 0 saturated carbocycles. The minimum Gasteiger partial charge on any atom is -0.375 e. The lowest BCUT2D eigenvalue weighted by Gasteiger charge is -2.35. The van der Waals surface area contributed by atoms with Gasteiger partial charge in [-0.3, -0.25) is 0 Å². The zero-order valence-electron chi connectivity index (χ0n) is 14.1. The topological polar surface area (TPSA) is 3.24 Å². The van der Waals surface area contributed by atoms with Gasteiger partial charge >= 0.3 is 0 Å². The summed E-state index contributed by atoms with van der Waals surface area (Å²) in [5.74, 6) is 0.937. The molecule has 1 aliphatic heterocycles. The van der Waals surface area contributed by atoms with Crippen LogP contribution < -0.4 is 0 Å². The largest absolute Gasteiger partial charge is 0.375 e. The Labute approximate surface area is 121 Å². The Morgan fingerprint density at radius 1 is 1.16 bits per heavy atom. The summed E-state index contributed by atoms with van der Waals surface area (Å²) in [5, 5.41) is 0. The van der Waals surface area contributed by atoms with Gasteiger partial charge in [0.1, 0.15) is 0 Å². The summed E-state index contributed by atoms with van der Waals surface area (Å²) < 4.78 is 0. The molecule has 2 aliphatic rings. The third-order valence-corrected chi connectivity index (χ3v) is 3.45. The number of likely N-dealkylation sites (tertiary alicyclic amines) is 1. The zero-order valence-corrected chi connectivity index (χ0v) is 14.1. The fourth-order valence-corrected chi connectivity index (χ4v) is 2.39. The van der Waals surface area contributed by atoms with Crippen LogP contribution >= 0.6 is 0 Å². The van der Waals surface area contributed by atoms with Crippen LogP contribution in [0, 0.1) is 5.92 Å². The van der Waals surface area contributed by atoms with Crippen LogP contribution in [0.15, 0.2) is 23.4 Å². The third kappa shape index (κ3) is 7.44. The molecule has 0 unspecified atom stereocenters. The van der Waals surface area contributed by atoms with Gasteiger partial charge < -0.3 is 4.90 Å². The van der Waals surface area contributed by atoms with Crippen LogP contribution in [0.4, 0.5) is 0 Å². The Morgan fingerprint density at radius 2 is 1.68 bits per heavy atom. The molecule has 2 rings (SSSR count). The average Bonchev–Trinajstić information content (AvgIpc) is 2.43. The second-order valence-electron chi connectivity index (χ2n) is 5.50. The Balaban J connectivity index is 0.000000573. The average molecular weight is 265 g/mol. The molecular formula is C18H35N. The molecule has 1 aliphatic carbocycles. The molecular weight excluding hydrogens is 230 g/mol. The first kappa shape index (κ1) is 18.3. The molecule has 1 saturated heterocycles. The summed E-state index contributed by atoms with van der Waals surface area (Å²) >= 11 is 0. The van der Waals surface area contributed by atoms with Gasteiger partial charge in [0, 0.05) is 18.8 Å². The molecule has 19 heavy (non-hydrogen) atoms. The van der Waals surface area contributed by atoms with Gasteiger partial charge in [-0.2, -0.15) is 0 Å². The van der Waals surface area contributed by atoms with Gasteiger partial charge in [-0.1, -0.05) is 52.7 Å².